The molecule has 0 fully saturated rings. The van der Waals surface area contributed by atoms with Crippen LogP contribution in [0.2, 0.25) is 0 Å². The van der Waals surface area contributed by atoms with Crippen molar-refractivity contribution < 1.29 is 19.4 Å². The number of methoxy groups -OCH3 is 2. The maximum absolute atomic E-state index is 11.4. The number of carbonyl (C=O) groups is 1. The zero-order valence-electron chi connectivity index (χ0n) is 12.5. The van der Waals surface area contributed by atoms with E-state index >= 15 is 0 Å². The van der Waals surface area contributed by atoms with Crippen LogP contribution in [0.25, 0.3) is 10.8 Å². The summed E-state index contributed by atoms with van der Waals surface area (Å²) in [7, 11) is 2.97. The molecule has 0 aromatic heterocycles. The van der Waals surface area contributed by atoms with E-state index in [2.05, 4.69) is 4.74 Å². The molecule has 0 radical (unpaired) electrons. The monoisotopic (exact) mass is 288 g/mol. The first-order chi connectivity index (χ1) is 10.1. The van der Waals surface area contributed by atoms with Gasteiger partial charge >= 0.3 is 5.97 Å². The Hall–Kier alpha value is -2.07. The zero-order valence-corrected chi connectivity index (χ0v) is 12.5. The van der Waals surface area contributed by atoms with E-state index in [4.69, 9.17) is 4.74 Å². The van der Waals surface area contributed by atoms with Crippen LogP contribution in [0.4, 0.5) is 0 Å². The van der Waals surface area contributed by atoms with Crippen molar-refractivity contribution >= 4 is 16.7 Å². The molecule has 0 saturated carbocycles. The number of benzene rings is 2. The summed E-state index contributed by atoms with van der Waals surface area (Å²) in [5.74, 6) is 0.218. The van der Waals surface area contributed by atoms with Gasteiger partial charge in [-0.05, 0) is 22.9 Å². The molecule has 21 heavy (non-hydrogen) atoms. The summed E-state index contributed by atoms with van der Waals surface area (Å²) in [4.78, 5) is 11.4. The summed E-state index contributed by atoms with van der Waals surface area (Å²) >= 11 is 0. The first-order valence-electron chi connectivity index (χ1n) is 6.89. The highest BCUT2D eigenvalue weighted by Crippen LogP contribution is 2.34. The Balaban J connectivity index is 2.40. The fourth-order valence-corrected chi connectivity index (χ4v) is 2.50. The van der Waals surface area contributed by atoms with Gasteiger partial charge < -0.3 is 14.6 Å². The van der Waals surface area contributed by atoms with Gasteiger partial charge in [-0.1, -0.05) is 37.3 Å². The summed E-state index contributed by atoms with van der Waals surface area (Å²) in [6.07, 6.45) is -0.558. The lowest BCUT2D eigenvalue weighted by molar-refractivity contribution is -0.142. The third-order valence-corrected chi connectivity index (χ3v) is 3.71. The third kappa shape index (κ3) is 3.16. The fraction of sp³-hybridized carbons (Fsp3) is 0.353. The van der Waals surface area contributed by atoms with Crippen molar-refractivity contribution in [1.29, 1.82) is 0 Å². The predicted octanol–water partition coefficient (Wildman–Crippen LogP) is 3.08. The van der Waals surface area contributed by atoms with Gasteiger partial charge in [-0.3, -0.25) is 4.79 Å². The average molecular weight is 288 g/mol. The molecule has 4 nitrogen and oxygen atoms in total. The number of rotatable bonds is 5. The van der Waals surface area contributed by atoms with Crippen LogP contribution in [0.15, 0.2) is 36.4 Å². The summed E-state index contributed by atoms with van der Waals surface area (Å²) in [5.41, 5.74) is 0.794. The number of carbonyl (C=O) groups excluding carboxylic acids is 1. The molecule has 2 aromatic rings. The Labute approximate surface area is 124 Å². The minimum atomic E-state index is -0.736. The Morgan fingerprint density at radius 1 is 1.14 bits per heavy atom. The van der Waals surface area contributed by atoms with Crippen LogP contribution in [0.1, 0.15) is 25.0 Å². The van der Waals surface area contributed by atoms with Crippen LogP contribution in [0, 0.1) is 5.92 Å². The number of aliphatic hydroxyl groups is 1. The second kappa shape index (κ2) is 6.59. The van der Waals surface area contributed by atoms with Crippen molar-refractivity contribution in [1.82, 2.24) is 0 Å². The van der Waals surface area contributed by atoms with Gasteiger partial charge in [0, 0.05) is 5.39 Å². The van der Waals surface area contributed by atoms with Crippen LogP contribution >= 0.6 is 0 Å². The van der Waals surface area contributed by atoms with E-state index in [1.165, 1.54) is 7.11 Å². The number of hydrogen-bond acceptors (Lipinski definition) is 4. The van der Waals surface area contributed by atoms with Gasteiger partial charge in [-0.25, -0.2) is 0 Å². The molecule has 0 aliphatic carbocycles. The first-order valence-corrected chi connectivity index (χ1v) is 6.89. The van der Waals surface area contributed by atoms with Crippen molar-refractivity contribution in [3.05, 3.63) is 42.0 Å². The molecule has 0 aliphatic rings. The molecule has 0 amide bonds. The molecule has 4 heteroatoms. The lowest BCUT2D eigenvalue weighted by Crippen LogP contribution is -2.15. The van der Waals surface area contributed by atoms with Crippen molar-refractivity contribution in [3.63, 3.8) is 0 Å². The molecule has 0 aliphatic heterocycles. The minimum Gasteiger partial charge on any atom is -0.496 e. The Bertz CT molecular complexity index is 636. The highest BCUT2D eigenvalue weighted by Gasteiger charge is 2.22. The highest BCUT2D eigenvalue weighted by molar-refractivity contribution is 5.91. The molecular weight excluding hydrogens is 268 g/mol. The third-order valence-electron chi connectivity index (χ3n) is 3.71. The van der Waals surface area contributed by atoms with Gasteiger partial charge in [-0.15, -0.1) is 0 Å². The van der Waals surface area contributed by atoms with Crippen LogP contribution in [-0.2, 0) is 9.53 Å². The molecule has 2 atom stereocenters. The van der Waals surface area contributed by atoms with E-state index in [1.807, 2.05) is 43.3 Å². The zero-order chi connectivity index (χ0) is 15.4. The number of aliphatic hydroxyl groups excluding tert-OH is 1. The van der Waals surface area contributed by atoms with E-state index in [9.17, 15) is 9.90 Å². The molecule has 1 N–H and O–H groups in total. The van der Waals surface area contributed by atoms with Crippen LogP contribution in [-0.4, -0.2) is 25.3 Å². The number of esters is 1. The second-order valence-electron chi connectivity index (χ2n) is 5.11. The summed E-state index contributed by atoms with van der Waals surface area (Å²) in [6, 6.07) is 11.4. The molecule has 2 aromatic carbocycles. The van der Waals surface area contributed by atoms with E-state index in [-0.39, 0.29) is 18.3 Å². The second-order valence-corrected chi connectivity index (χ2v) is 5.11. The largest absolute Gasteiger partial charge is 0.496 e. The highest BCUT2D eigenvalue weighted by atomic mass is 16.5. The standard InChI is InChI=1S/C17H20O4/c1-11(10-16(18)21-3)17(19)14-8-9-15(20-2)13-7-5-4-6-12(13)14/h4-9,11,17,19H,10H2,1-3H3. The maximum atomic E-state index is 11.4. The molecule has 0 heterocycles. The molecular formula is C17H20O4. The molecule has 2 unspecified atom stereocenters. The SMILES string of the molecule is COC(=O)CC(C)C(O)c1ccc(OC)c2ccccc12. The Morgan fingerprint density at radius 2 is 1.81 bits per heavy atom. The molecule has 112 valence electrons. The van der Waals surface area contributed by atoms with Gasteiger partial charge in [0.2, 0.25) is 0 Å². The van der Waals surface area contributed by atoms with Crippen LogP contribution < -0.4 is 4.74 Å². The number of hydrogen-bond donors (Lipinski definition) is 1. The van der Waals surface area contributed by atoms with Crippen molar-refractivity contribution in [2.24, 2.45) is 5.92 Å². The number of fused-ring (bicyclic) bond motifs is 1. The quantitative estimate of drug-likeness (QED) is 0.859. The first kappa shape index (κ1) is 15.3. The Kier molecular flexibility index (Phi) is 4.81. The molecule has 0 spiro atoms. The van der Waals surface area contributed by atoms with Gasteiger partial charge in [0.1, 0.15) is 5.75 Å². The van der Waals surface area contributed by atoms with E-state index < -0.39 is 6.10 Å². The average Bonchev–Trinajstić information content (AvgIpc) is 2.52. The summed E-state index contributed by atoms with van der Waals surface area (Å²) < 4.78 is 10.0. The maximum Gasteiger partial charge on any atom is 0.305 e. The molecule has 0 saturated heterocycles. The topological polar surface area (TPSA) is 55.8 Å². The lowest BCUT2D eigenvalue weighted by atomic mass is 9.91. The Morgan fingerprint density at radius 3 is 2.43 bits per heavy atom. The molecule has 2 rings (SSSR count). The predicted molar refractivity (Wildman–Crippen MR) is 81.3 cm³/mol. The van der Waals surface area contributed by atoms with Crippen molar-refractivity contribution in [2.45, 2.75) is 19.4 Å². The van der Waals surface area contributed by atoms with E-state index in [1.54, 1.807) is 7.11 Å². The molecule has 0 bridgehead atoms. The van der Waals surface area contributed by atoms with Gasteiger partial charge in [-0.2, -0.15) is 0 Å². The van der Waals surface area contributed by atoms with Crippen LogP contribution in [0.3, 0.4) is 0 Å². The number of ether oxygens (including phenoxy) is 2. The minimum absolute atomic E-state index is 0.179. The van der Waals surface area contributed by atoms with Gasteiger partial charge in [0.15, 0.2) is 0 Å². The van der Waals surface area contributed by atoms with Gasteiger partial charge in [0.05, 0.1) is 26.7 Å². The van der Waals surface area contributed by atoms with Crippen LogP contribution in [0.5, 0.6) is 5.75 Å². The lowest BCUT2D eigenvalue weighted by Gasteiger charge is -2.20. The van der Waals surface area contributed by atoms with Crippen molar-refractivity contribution in [2.75, 3.05) is 14.2 Å². The normalized spacial score (nSPS) is 13.7. The summed E-state index contributed by atoms with van der Waals surface area (Å²) in [5, 5.41) is 12.4. The fourth-order valence-electron chi connectivity index (χ4n) is 2.50. The van der Waals surface area contributed by atoms with E-state index in [0.717, 1.165) is 22.1 Å². The van der Waals surface area contributed by atoms with E-state index in [0.29, 0.717) is 0 Å². The summed E-state index contributed by atoms with van der Waals surface area (Å²) in [6.45, 7) is 1.83. The van der Waals surface area contributed by atoms with Gasteiger partial charge in [0.25, 0.3) is 0 Å². The smallest absolute Gasteiger partial charge is 0.305 e. The van der Waals surface area contributed by atoms with Crippen molar-refractivity contribution in [3.8, 4) is 5.75 Å².